The molecule has 0 saturated heterocycles. The van der Waals surface area contributed by atoms with E-state index in [0.717, 1.165) is 11.1 Å². The number of hydroxylamine groups is 2. The number of aliphatic hydroxyl groups excluding tert-OH is 2. The van der Waals surface area contributed by atoms with Crippen LogP contribution in [0.15, 0.2) is 53.2 Å². The zero-order chi connectivity index (χ0) is 23.9. The molecule has 178 valence electrons. The second kappa shape index (κ2) is 11.5. The lowest BCUT2D eigenvalue weighted by atomic mass is 9.96. The van der Waals surface area contributed by atoms with Crippen molar-refractivity contribution >= 4 is 6.08 Å². The Balaban J connectivity index is 1.96. The third kappa shape index (κ3) is 7.06. The number of nitrogens with one attached hydrogen (secondary N) is 2. The molecule has 0 fully saturated rings. The van der Waals surface area contributed by atoms with Crippen molar-refractivity contribution in [1.29, 1.82) is 0 Å². The van der Waals surface area contributed by atoms with Crippen LogP contribution in [0.3, 0.4) is 0 Å². The number of allylic oxidation sites excluding steroid dienone is 2. The van der Waals surface area contributed by atoms with E-state index in [1.165, 1.54) is 7.11 Å². The molecule has 1 aliphatic rings. The number of aliphatic hydroxyl groups is 3. The highest BCUT2D eigenvalue weighted by atomic mass is 17.2. The lowest BCUT2D eigenvalue weighted by Gasteiger charge is -2.32. The molecular formula is C23H34N2O7. The molecule has 0 aliphatic carbocycles. The Kier molecular flexibility index (Phi) is 9.26. The molecule has 9 heteroatoms. The molecule has 0 radical (unpaired) electrons. The summed E-state index contributed by atoms with van der Waals surface area (Å²) in [6.45, 7) is 7.09. The Morgan fingerprint density at radius 1 is 1.31 bits per heavy atom. The number of methoxy groups -OCH3 is 1. The van der Waals surface area contributed by atoms with Crippen molar-refractivity contribution in [3.63, 3.8) is 0 Å². The summed E-state index contributed by atoms with van der Waals surface area (Å²) in [5.41, 5.74) is 1.54. The monoisotopic (exact) mass is 450 g/mol. The highest BCUT2D eigenvalue weighted by Crippen LogP contribution is 2.18. The Morgan fingerprint density at radius 2 is 1.97 bits per heavy atom. The highest BCUT2D eigenvalue weighted by Gasteiger charge is 2.35. The van der Waals surface area contributed by atoms with Gasteiger partial charge in [-0.3, -0.25) is 0 Å². The smallest absolute Gasteiger partial charge is 0.267 e. The van der Waals surface area contributed by atoms with E-state index in [4.69, 9.17) is 9.47 Å². The van der Waals surface area contributed by atoms with E-state index in [2.05, 4.69) is 10.3 Å². The second-order valence-corrected chi connectivity index (χ2v) is 8.40. The molecule has 5 N–H and O–H groups in total. The Morgan fingerprint density at radius 3 is 2.53 bits per heavy atom. The molecule has 2 rings (SSSR count). The third-order valence-electron chi connectivity index (χ3n) is 5.35. The number of quaternary nitrogens is 1. The summed E-state index contributed by atoms with van der Waals surface area (Å²) < 4.78 is 11.1. The van der Waals surface area contributed by atoms with Crippen LogP contribution in [0.2, 0.25) is 0 Å². The average molecular weight is 451 g/mol. The van der Waals surface area contributed by atoms with Crippen molar-refractivity contribution in [1.82, 2.24) is 5.32 Å². The first-order valence-electron chi connectivity index (χ1n) is 10.4. The maximum Gasteiger partial charge on any atom is 0.267 e. The molecule has 0 saturated carbocycles. The lowest BCUT2D eigenvalue weighted by molar-refractivity contribution is -1.22. The van der Waals surface area contributed by atoms with Crippen LogP contribution in [0.1, 0.15) is 46.1 Å². The quantitative estimate of drug-likeness (QED) is 0.200. The first-order valence-corrected chi connectivity index (χ1v) is 10.4. The van der Waals surface area contributed by atoms with Gasteiger partial charge in [-0.15, -0.1) is 5.06 Å². The van der Waals surface area contributed by atoms with Crippen molar-refractivity contribution in [3.8, 4) is 5.75 Å². The fourth-order valence-corrected chi connectivity index (χ4v) is 3.14. The molecule has 32 heavy (non-hydrogen) atoms. The van der Waals surface area contributed by atoms with Gasteiger partial charge in [0.25, 0.3) is 12.1 Å². The van der Waals surface area contributed by atoms with Gasteiger partial charge in [-0.05, 0) is 63.5 Å². The number of ether oxygens (including phenoxy) is 2. The van der Waals surface area contributed by atoms with Crippen molar-refractivity contribution in [2.75, 3.05) is 13.7 Å². The minimum atomic E-state index is -1.11. The molecule has 0 bridgehead atoms. The Labute approximate surface area is 188 Å². The van der Waals surface area contributed by atoms with Crippen LogP contribution in [0.5, 0.6) is 5.75 Å². The molecule has 0 amide bonds. The molecule has 9 nitrogen and oxygen atoms in total. The Bertz CT molecular complexity index is 841. The van der Waals surface area contributed by atoms with Crippen LogP contribution < -0.4 is 20.4 Å². The van der Waals surface area contributed by atoms with Crippen molar-refractivity contribution in [3.05, 3.63) is 58.8 Å². The van der Waals surface area contributed by atoms with Crippen LogP contribution >= 0.6 is 0 Å². The van der Waals surface area contributed by atoms with E-state index in [1.807, 2.05) is 37.3 Å². The molecule has 0 spiro atoms. The second-order valence-electron chi connectivity index (χ2n) is 8.40. The topological polar surface area (TPSA) is 128 Å². The Hall–Kier alpha value is -2.40. The average Bonchev–Trinajstić information content (AvgIpc) is 2.74. The molecule has 1 heterocycles. The summed E-state index contributed by atoms with van der Waals surface area (Å²) in [5.74, 6) is 0.522. The molecule has 1 aromatic carbocycles. The van der Waals surface area contributed by atoms with Gasteiger partial charge in [-0.1, -0.05) is 17.7 Å². The summed E-state index contributed by atoms with van der Waals surface area (Å²) in [6, 6.07) is 7.31. The largest absolute Gasteiger partial charge is 0.668 e. The van der Waals surface area contributed by atoms with Crippen LogP contribution in [0, 0.1) is 0 Å². The van der Waals surface area contributed by atoms with E-state index in [1.54, 1.807) is 26.8 Å². The fourth-order valence-electron chi connectivity index (χ4n) is 3.14. The number of hydrogen-bond acceptors (Lipinski definition) is 8. The van der Waals surface area contributed by atoms with Crippen LogP contribution in [-0.4, -0.2) is 47.0 Å². The summed E-state index contributed by atoms with van der Waals surface area (Å²) in [7, 11) is 1.45. The molecule has 1 aromatic rings. The molecule has 2 unspecified atom stereocenters. The zero-order valence-electron chi connectivity index (χ0n) is 19.2. The normalized spacial score (nSPS) is 22.1. The van der Waals surface area contributed by atoms with Crippen molar-refractivity contribution in [2.24, 2.45) is 0 Å². The van der Waals surface area contributed by atoms with E-state index in [9.17, 15) is 20.6 Å². The van der Waals surface area contributed by atoms with Gasteiger partial charge >= 0.3 is 0 Å². The van der Waals surface area contributed by atoms with E-state index in [-0.39, 0.29) is 10.9 Å². The first kappa shape index (κ1) is 25.9. The van der Waals surface area contributed by atoms with Crippen molar-refractivity contribution in [2.45, 2.75) is 58.5 Å². The fraction of sp³-hybridized carbons (Fsp3) is 0.478. The SMILES string of the molecule is COC1C(=Cc2ccc(OCC=C(C)CC[C@H](O)C(C)(C)O)cc2)NC(O)=C(C)[NH+]1O[O-]. The number of hydrogen-bond donors (Lipinski definition) is 5. The lowest BCUT2D eigenvalue weighted by Crippen LogP contribution is -3.16. The number of benzene rings is 1. The van der Waals surface area contributed by atoms with Gasteiger partial charge in [0.2, 0.25) is 0 Å². The molecule has 0 aromatic heterocycles. The van der Waals surface area contributed by atoms with Gasteiger partial charge in [0, 0.05) is 14.0 Å². The van der Waals surface area contributed by atoms with Gasteiger partial charge in [-0.2, -0.15) is 0 Å². The van der Waals surface area contributed by atoms with E-state index < -0.39 is 17.9 Å². The molecule has 1 aliphatic heterocycles. The van der Waals surface area contributed by atoms with Gasteiger partial charge in [-0.25, -0.2) is 4.99 Å². The third-order valence-corrected chi connectivity index (χ3v) is 5.35. The minimum absolute atomic E-state index is 0.00665. The summed E-state index contributed by atoms with van der Waals surface area (Å²) >= 11 is 0. The predicted octanol–water partition coefficient (Wildman–Crippen LogP) is 0.679. The van der Waals surface area contributed by atoms with Gasteiger partial charge in [0.05, 0.1) is 11.7 Å². The first-order chi connectivity index (χ1) is 15.1. The van der Waals surface area contributed by atoms with E-state index >= 15 is 0 Å². The maximum atomic E-state index is 11.1. The van der Waals surface area contributed by atoms with Crippen LogP contribution in [-0.2, 0) is 9.73 Å². The summed E-state index contributed by atoms with van der Waals surface area (Å²) in [6.07, 6.45) is 3.31. The van der Waals surface area contributed by atoms with Crippen LogP contribution in [0.25, 0.3) is 6.08 Å². The van der Waals surface area contributed by atoms with E-state index in [0.29, 0.717) is 36.6 Å². The van der Waals surface area contributed by atoms with Crippen molar-refractivity contribution < 1.29 is 40.1 Å². The molecular weight excluding hydrogens is 416 g/mol. The van der Waals surface area contributed by atoms with Gasteiger partial charge in [0.15, 0.2) is 5.70 Å². The zero-order valence-corrected chi connectivity index (χ0v) is 19.2. The number of rotatable bonds is 10. The van der Waals surface area contributed by atoms with Gasteiger partial charge < -0.3 is 35.4 Å². The summed E-state index contributed by atoms with van der Waals surface area (Å²) in [5, 5.41) is 43.6. The van der Waals surface area contributed by atoms with Gasteiger partial charge in [0.1, 0.15) is 18.1 Å². The minimum Gasteiger partial charge on any atom is -0.668 e. The maximum absolute atomic E-state index is 11.1. The molecule has 3 atom stereocenters. The predicted molar refractivity (Wildman–Crippen MR) is 117 cm³/mol. The standard InChI is InChI=1S/C23H34N2O7/c1-15(6-11-20(26)23(3,4)28)12-13-31-18-9-7-17(8-10-18)14-19-22(30-5)25(32-29)16(2)21(27)24-19/h7-10,12,14,20,22,24,26-29H,6,11,13H2,1-5H3/t20-,22?/m0/s1. The van der Waals surface area contributed by atoms with Crippen LogP contribution in [0.4, 0.5) is 0 Å². The highest BCUT2D eigenvalue weighted by molar-refractivity contribution is 5.54. The summed E-state index contributed by atoms with van der Waals surface area (Å²) in [4.78, 5) is 4.17.